The number of hydrogen-bond acceptors (Lipinski definition) is 4. The van der Waals surface area contributed by atoms with Crippen LogP contribution >= 0.6 is 0 Å². The quantitative estimate of drug-likeness (QED) is 0.457. The largest absolute Gasteiger partial charge is 0.495 e. The highest BCUT2D eigenvalue weighted by atomic mass is 32.2. The molecule has 0 aromatic heterocycles. The molecule has 3 rings (SSSR count). The van der Waals surface area contributed by atoms with Crippen LogP contribution in [0.3, 0.4) is 0 Å². The Hall–Kier alpha value is -3.32. The number of aryl methyl sites for hydroxylation is 1. The molecule has 0 bridgehead atoms. The Bertz CT molecular complexity index is 1260. The Balaban J connectivity index is 1.89. The number of nitrogens with zero attached hydrogens (tertiary/aromatic N) is 1. The van der Waals surface area contributed by atoms with Crippen molar-refractivity contribution in [3.8, 4) is 5.75 Å². The molecule has 3 aromatic carbocycles. The van der Waals surface area contributed by atoms with Gasteiger partial charge in [0.1, 0.15) is 12.3 Å². The minimum Gasteiger partial charge on any atom is -0.495 e. The molecule has 7 heteroatoms. The number of ether oxygens (including phenoxy) is 1. The van der Waals surface area contributed by atoms with Crippen LogP contribution in [0.25, 0.3) is 0 Å². The van der Waals surface area contributed by atoms with E-state index in [2.05, 4.69) is 38.2 Å². The van der Waals surface area contributed by atoms with Crippen molar-refractivity contribution in [3.05, 3.63) is 89.5 Å². The number of methoxy groups -OCH3 is 1. The Labute approximate surface area is 209 Å². The van der Waals surface area contributed by atoms with Crippen LogP contribution in [-0.4, -0.2) is 28.0 Å². The summed E-state index contributed by atoms with van der Waals surface area (Å²) in [5.74, 6) is -0.0548. The van der Waals surface area contributed by atoms with Crippen LogP contribution in [0.5, 0.6) is 5.75 Å². The molecule has 0 heterocycles. The maximum absolute atomic E-state index is 13.6. The second kappa shape index (κ2) is 10.5. The second-order valence-electron chi connectivity index (χ2n) is 9.66. The van der Waals surface area contributed by atoms with Gasteiger partial charge in [0.2, 0.25) is 5.91 Å². The van der Waals surface area contributed by atoms with Crippen molar-refractivity contribution in [2.45, 2.75) is 51.0 Å². The average molecular weight is 495 g/mol. The molecule has 186 valence electrons. The predicted molar refractivity (Wildman–Crippen MR) is 140 cm³/mol. The molecule has 1 atom stereocenters. The third-order valence-corrected chi connectivity index (χ3v) is 7.68. The molecule has 0 saturated carbocycles. The van der Waals surface area contributed by atoms with Gasteiger partial charge in [-0.3, -0.25) is 9.10 Å². The van der Waals surface area contributed by atoms with Gasteiger partial charge in [-0.1, -0.05) is 74.9 Å². The number of nitrogens with one attached hydrogen (secondary N) is 1. The van der Waals surface area contributed by atoms with E-state index in [0.29, 0.717) is 11.4 Å². The molecule has 3 aromatic rings. The zero-order valence-electron chi connectivity index (χ0n) is 21.2. The third-order valence-electron chi connectivity index (χ3n) is 5.90. The summed E-state index contributed by atoms with van der Waals surface area (Å²) in [4.78, 5) is 13.2. The fourth-order valence-corrected chi connectivity index (χ4v) is 5.18. The number of benzene rings is 3. The zero-order chi connectivity index (χ0) is 25.8. The summed E-state index contributed by atoms with van der Waals surface area (Å²) >= 11 is 0. The van der Waals surface area contributed by atoms with Gasteiger partial charge in [0.15, 0.2) is 0 Å². The highest BCUT2D eigenvalue weighted by Gasteiger charge is 2.29. The van der Waals surface area contributed by atoms with Crippen molar-refractivity contribution >= 4 is 21.6 Å². The van der Waals surface area contributed by atoms with Gasteiger partial charge in [0.05, 0.1) is 23.7 Å². The first-order chi connectivity index (χ1) is 16.4. The molecule has 0 unspecified atom stereocenters. The average Bonchev–Trinajstić information content (AvgIpc) is 2.82. The lowest BCUT2D eigenvalue weighted by Gasteiger charge is -2.26. The minimum atomic E-state index is -4.03. The lowest BCUT2D eigenvalue weighted by molar-refractivity contribution is -0.120. The summed E-state index contributed by atoms with van der Waals surface area (Å²) in [5, 5.41) is 2.94. The lowest BCUT2D eigenvalue weighted by Crippen LogP contribution is -2.41. The van der Waals surface area contributed by atoms with E-state index < -0.39 is 15.9 Å². The number of para-hydroxylation sites is 2. The molecule has 0 aliphatic rings. The fraction of sp³-hybridized carbons (Fsp3) is 0.321. The fourth-order valence-electron chi connectivity index (χ4n) is 3.75. The van der Waals surface area contributed by atoms with Crippen molar-refractivity contribution in [1.82, 2.24) is 5.32 Å². The van der Waals surface area contributed by atoms with Crippen LogP contribution in [0.1, 0.15) is 50.4 Å². The number of carbonyl (C=O) groups excluding carboxylic acids is 1. The Morgan fingerprint density at radius 1 is 0.971 bits per heavy atom. The summed E-state index contributed by atoms with van der Waals surface area (Å²) in [6.45, 7) is 9.82. The SMILES string of the molecule is COc1ccccc1N(CC(=O)N[C@@H](C)c1ccc(C(C)(C)C)cc1)S(=O)(=O)c1ccc(C)cc1. The standard InChI is InChI=1S/C28H34N2O4S/c1-20-11-17-24(18-12-20)35(32,33)30(25-9-7-8-10-26(25)34-6)19-27(31)29-21(2)22-13-15-23(16-14-22)28(3,4)5/h7-18,21H,19H2,1-6H3,(H,29,31)/t21-/m0/s1. The van der Waals surface area contributed by atoms with Gasteiger partial charge in [-0.05, 0) is 54.7 Å². The second-order valence-corrected chi connectivity index (χ2v) is 11.5. The summed E-state index contributed by atoms with van der Waals surface area (Å²) in [6.07, 6.45) is 0. The number of hydrogen-bond donors (Lipinski definition) is 1. The highest BCUT2D eigenvalue weighted by Crippen LogP contribution is 2.32. The molecule has 0 saturated heterocycles. The number of carbonyl (C=O) groups is 1. The predicted octanol–water partition coefficient (Wildman–Crippen LogP) is 5.37. The van der Waals surface area contributed by atoms with Crippen LogP contribution in [0.15, 0.2) is 77.7 Å². The van der Waals surface area contributed by atoms with Crippen molar-refractivity contribution in [1.29, 1.82) is 0 Å². The van der Waals surface area contributed by atoms with Crippen molar-refractivity contribution in [2.24, 2.45) is 0 Å². The minimum absolute atomic E-state index is 0.0323. The molecule has 0 radical (unpaired) electrons. The molecular formula is C28H34N2O4S. The van der Waals surface area contributed by atoms with Crippen LogP contribution in [0, 0.1) is 6.92 Å². The number of sulfonamides is 1. The Morgan fingerprint density at radius 3 is 2.14 bits per heavy atom. The van der Waals surface area contributed by atoms with Gasteiger partial charge in [-0.15, -0.1) is 0 Å². The summed E-state index contributed by atoms with van der Waals surface area (Å²) in [7, 11) is -2.56. The Morgan fingerprint density at radius 2 is 1.57 bits per heavy atom. The van der Waals surface area contributed by atoms with Crippen molar-refractivity contribution < 1.29 is 17.9 Å². The first-order valence-electron chi connectivity index (χ1n) is 11.6. The van der Waals surface area contributed by atoms with Gasteiger partial charge in [0, 0.05) is 0 Å². The normalized spacial score (nSPS) is 12.6. The monoisotopic (exact) mass is 494 g/mol. The molecule has 0 spiro atoms. The molecule has 1 amide bonds. The van der Waals surface area contributed by atoms with E-state index >= 15 is 0 Å². The smallest absolute Gasteiger partial charge is 0.264 e. The van der Waals surface area contributed by atoms with Gasteiger partial charge in [0.25, 0.3) is 10.0 Å². The topological polar surface area (TPSA) is 75.7 Å². The zero-order valence-corrected chi connectivity index (χ0v) is 22.0. The Kier molecular flexibility index (Phi) is 7.90. The van der Waals surface area contributed by atoms with Crippen LogP contribution in [0.2, 0.25) is 0 Å². The lowest BCUT2D eigenvalue weighted by atomic mass is 9.86. The van der Waals surface area contributed by atoms with Crippen LogP contribution in [0.4, 0.5) is 5.69 Å². The molecule has 0 aliphatic heterocycles. The van der Waals surface area contributed by atoms with E-state index in [-0.39, 0.29) is 22.9 Å². The molecule has 6 nitrogen and oxygen atoms in total. The van der Waals surface area contributed by atoms with Crippen molar-refractivity contribution in [3.63, 3.8) is 0 Å². The first kappa shape index (κ1) is 26.3. The summed E-state index contributed by atoms with van der Waals surface area (Å²) in [5.41, 5.74) is 3.41. The first-order valence-corrected chi connectivity index (χ1v) is 13.0. The maximum atomic E-state index is 13.6. The van der Waals surface area contributed by atoms with Gasteiger partial charge >= 0.3 is 0 Å². The molecule has 0 aliphatic carbocycles. The molecule has 0 fully saturated rings. The van der Waals surface area contributed by atoms with Crippen LogP contribution < -0.4 is 14.4 Å². The van der Waals surface area contributed by atoms with Gasteiger partial charge in [-0.25, -0.2) is 8.42 Å². The highest BCUT2D eigenvalue weighted by molar-refractivity contribution is 7.92. The van der Waals surface area contributed by atoms with Crippen LogP contribution in [-0.2, 0) is 20.2 Å². The molecular weight excluding hydrogens is 460 g/mol. The summed E-state index contributed by atoms with van der Waals surface area (Å²) < 4.78 is 33.8. The van der Waals surface area contributed by atoms with Gasteiger partial charge < -0.3 is 10.1 Å². The van der Waals surface area contributed by atoms with E-state index in [1.54, 1.807) is 48.5 Å². The van der Waals surface area contributed by atoms with E-state index in [1.807, 2.05) is 26.0 Å². The number of rotatable bonds is 8. The van der Waals surface area contributed by atoms with E-state index in [1.165, 1.54) is 12.7 Å². The van der Waals surface area contributed by atoms with Crippen molar-refractivity contribution in [2.75, 3.05) is 18.0 Å². The van der Waals surface area contributed by atoms with E-state index in [0.717, 1.165) is 15.4 Å². The molecule has 35 heavy (non-hydrogen) atoms. The maximum Gasteiger partial charge on any atom is 0.264 e. The number of amides is 1. The number of anilines is 1. The van der Waals surface area contributed by atoms with E-state index in [4.69, 9.17) is 4.74 Å². The summed E-state index contributed by atoms with van der Waals surface area (Å²) in [6, 6.07) is 21.1. The third kappa shape index (κ3) is 6.22. The molecule has 1 N–H and O–H groups in total. The van der Waals surface area contributed by atoms with Gasteiger partial charge in [-0.2, -0.15) is 0 Å². The van der Waals surface area contributed by atoms with E-state index in [9.17, 15) is 13.2 Å².